The molecule has 0 radical (unpaired) electrons. The Balaban J connectivity index is 2.55. The van der Waals surface area contributed by atoms with Crippen molar-refractivity contribution < 1.29 is 4.79 Å². The second-order valence-electron chi connectivity index (χ2n) is 4.34. The molecule has 0 aromatic heterocycles. The molecule has 15 heavy (non-hydrogen) atoms. The number of nitrogens with zero attached hydrogens (tertiary/aromatic N) is 1. The number of amides is 1. The lowest BCUT2D eigenvalue weighted by Gasteiger charge is -2.21. The van der Waals surface area contributed by atoms with Gasteiger partial charge in [-0.1, -0.05) is 17.7 Å². The highest BCUT2D eigenvalue weighted by Gasteiger charge is 2.35. The van der Waals surface area contributed by atoms with E-state index in [-0.39, 0.29) is 11.9 Å². The molecule has 1 heterocycles. The van der Waals surface area contributed by atoms with Crippen LogP contribution in [0, 0.1) is 6.92 Å². The van der Waals surface area contributed by atoms with E-state index in [1.807, 2.05) is 39.0 Å². The Kier molecular flexibility index (Phi) is 2.27. The zero-order valence-electron chi connectivity index (χ0n) is 9.32. The fourth-order valence-electron chi connectivity index (χ4n) is 2.08. The first-order valence-corrected chi connectivity index (χ1v) is 5.21. The van der Waals surface area contributed by atoms with Crippen LogP contribution in [0.5, 0.6) is 0 Å². The van der Waals surface area contributed by atoms with Gasteiger partial charge in [-0.25, -0.2) is 0 Å². The van der Waals surface area contributed by atoms with E-state index in [9.17, 15) is 4.79 Å². The van der Waals surface area contributed by atoms with Gasteiger partial charge in [0, 0.05) is 17.3 Å². The molecule has 0 saturated carbocycles. The predicted molar refractivity (Wildman–Crippen MR) is 60.7 cm³/mol. The van der Waals surface area contributed by atoms with Gasteiger partial charge in [0.15, 0.2) is 0 Å². The molecule has 1 aliphatic heterocycles. The molecule has 0 bridgehead atoms. The fourth-order valence-corrected chi connectivity index (χ4v) is 2.08. The molecule has 3 nitrogen and oxygen atoms in total. The molecule has 1 amide bonds. The Morgan fingerprint density at radius 1 is 1.40 bits per heavy atom. The van der Waals surface area contributed by atoms with Crippen molar-refractivity contribution in [3.8, 4) is 0 Å². The standard InChI is InChI=1S/C12H16N2O/c1-7(2)14-10-5-4-8(3)6-9(10)11(13)12(14)15/h4-7,11H,13H2,1-3H3. The SMILES string of the molecule is Cc1ccc2c(c1)C(N)C(=O)N2C(C)C. The van der Waals surface area contributed by atoms with Crippen LogP contribution in [0.3, 0.4) is 0 Å². The molecular weight excluding hydrogens is 188 g/mol. The predicted octanol–water partition coefficient (Wildman–Crippen LogP) is 1.75. The van der Waals surface area contributed by atoms with Crippen molar-refractivity contribution in [2.45, 2.75) is 32.9 Å². The minimum absolute atomic E-state index is 0.00519. The number of carbonyl (C=O) groups excluding carboxylic acids is 1. The molecule has 80 valence electrons. The van der Waals surface area contributed by atoms with Gasteiger partial charge in [-0.05, 0) is 26.8 Å². The Labute approximate surface area is 89.9 Å². The molecule has 1 unspecified atom stereocenters. The monoisotopic (exact) mass is 204 g/mol. The number of nitrogens with two attached hydrogens (primary N) is 1. The van der Waals surface area contributed by atoms with Gasteiger partial charge < -0.3 is 10.6 Å². The molecule has 1 aromatic carbocycles. The van der Waals surface area contributed by atoms with Gasteiger partial charge in [0.1, 0.15) is 6.04 Å². The highest BCUT2D eigenvalue weighted by atomic mass is 16.2. The summed E-state index contributed by atoms with van der Waals surface area (Å²) in [7, 11) is 0. The summed E-state index contributed by atoms with van der Waals surface area (Å²) in [4.78, 5) is 13.7. The molecular formula is C12H16N2O. The molecule has 0 fully saturated rings. The highest BCUT2D eigenvalue weighted by molar-refractivity contribution is 6.04. The third-order valence-corrected chi connectivity index (χ3v) is 2.80. The summed E-state index contributed by atoms with van der Waals surface area (Å²) < 4.78 is 0. The van der Waals surface area contributed by atoms with Gasteiger partial charge in [-0.2, -0.15) is 0 Å². The zero-order valence-corrected chi connectivity index (χ0v) is 9.32. The molecule has 1 aromatic rings. The summed E-state index contributed by atoms with van der Waals surface area (Å²) in [6.45, 7) is 6.01. The van der Waals surface area contributed by atoms with Crippen LogP contribution < -0.4 is 10.6 Å². The smallest absolute Gasteiger partial charge is 0.248 e. The summed E-state index contributed by atoms with van der Waals surface area (Å²) in [6, 6.07) is 5.67. The van der Waals surface area contributed by atoms with Gasteiger partial charge in [-0.3, -0.25) is 4.79 Å². The summed E-state index contributed by atoms with van der Waals surface area (Å²) in [5, 5.41) is 0. The van der Waals surface area contributed by atoms with Crippen molar-refractivity contribution in [1.29, 1.82) is 0 Å². The van der Waals surface area contributed by atoms with Gasteiger partial charge in [-0.15, -0.1) is 0 Å². The van der Waals surface area contributed by atoms with E-state index in [4.69, 9.17) is 5.73 Å². The summed E-state index contributed by atoms with van der Waals surface area (Å²) in [5.41, 5.74) is 8.96. The number of carbonyl (C=O) groups is 1. The molecule has 0 spiro atoms. The minimum Gasteiger partial charge on any atom is -0.316 e. The van der Waals surface area contributed by atoms with E-state index in [1.54, 1.807) is 4.90 Å². The lowest BCUT2D eigenvalue weighted by Crippen LogP contribution is -2.36. The van der Waals surface area contributed by atoms with Gasteiger partial charge in [0.2, 0.25) is 5.91 Å². The Morgan fingerprint density at radius 2 is 2.07 bits per heavy atom. The summed E-state index contributed by atoms with van der Waals surface area (Å²) in [6.07, 6.45) is 0. The summed E-state index contributed by atoms with van der Waals surface area (Å²) >= 11 is 0. The van der Waals surface area contributed by atoms with Gasteiger partial charge >= 0.3 is 0 Å². The molecule has 1 aliphatic rings. The van der Waals surface area contributed by atoms with Crippen molar-refractivity contribution in [3.05, 3.63) is 29.3 Å². The van der Waals surface area contributed by atoms with Gasteiger partial charge in [0.25, 0.3) is 0 Å². The van der Waals surface area contributed by atoms with Crippen LogP contribution in [0.1, 0.15) is 31.0 Å². The molecule has 1 atom stereocenters. The first kappa shape index (κ1) is 10.2. The second-order valence-corrected chi connectivity index (χ2v) is 4.34. The fraction of sp³-hybridized carbons (Fsp3) is 0.417. The van der Waals surface area contributed by atoms with Crippen LogP contribution in [0.4, 0.5) is 5.69 Å². The number of hydrogen-bond acceptors (Lipinski definition) is 2. The second kappa shape index (κ2) is 3.35. The van der Waals surface area contributed by atoms with E-state index >= 15 is 0 Å². The van der Waals surface area contributed by atoms with Crippen LogP contribution in [0.2, 0.25) is 0 Å². The molecule has 2 N–H and O–H groups in total. The maximum Gasteiger partial charge on any atom is 0.248 e. The Morgan fingerprint density at radius 3 is 2.67 bits per heavy atom. The lowest BCUT2D eigenvalue weighted by atomic mass is 10.1. The maximum atomic E-state index is 11.9. The number of anilines is 1. The molecule has 3 heteroatoms. The quantitative estimate of drug-likeness (QED) is 0.757. The van der Waals surface area contributed by atoms with E-state index in [2.05, 4.69) is 0 Å². The summed E-state index contributed by atoms with van der Waals surface area (Å²) in [5.74, 6) is 0.00519. The minimum atomic E-state index is -0.484. The van der Waals surface area contributed by atoms with Crippen molar-refractivity contribution >= 4 is 11.6 Å². The number of fused-ring (bicyclic) bond motifs is 1. The molecule has 0 aliphatic carbocycles. The first-order chi connectivity index (χ1) is 7.02. The average Bonchev–Trinajstić information content (AvgIpc) is 2.41. The van der Waals surface area contributed by atoms with Crippen LogP contribution in [-0.2, 0) is 4.79 Å². The van der Waals surface area contributed by atoms with Gasteiger partial charge in [0.05, 0.1) is 0 Å². The largest absolute Gasteiger partial charge is 0.316 e. The third-order valence-electron chi connectivity index (χ3n) is 2.80. The van der Waals surface area contributed by atoms with Crippen LogP contribution >= 0.6 is 0 Å². The lowest BCUT2D eigenvalue weighted by molar-refractivity contribution is -0.119. The normalized spacial score (nSPS) is 19.9. The van der Waals surface area contributed by atoms with Crippen LogP contribution in [-0.4, -0.2) is 11.9 Å². The van der Waals surface area contributed by atoms with Crippen molar-refractivity contribution in [1.82, 2.24) is 0 Å². The molecule has 0 saturated heterocycles. The number of rotatable bonds is 1. The maximum absolute atomic E-state index is 11.9. The zero-order chi connectivity index (χ0) is 11.2. The molecule has 2 rings (SSSR count). The third kappa shape index (κ3) is 1.43. The highest BCUT2D eigenvalue weighted by Crippen LogP contribution is 2.36. The van der Waals surface area contributed by atoms with E-state index in [0.29, 0.717) is 0 Å². The van der Waals surface area contributed by atoms with Crippen molar-refractivity contribution in [2.75, 3.05) is 4.90 Å². The number of aryl methyl sites for hydroxylation is 1. The van der Waals surface area contributed by atoms with E-state index < -0.39 is 6.04 Å². The first-order valence-electron chi connectivity index (χ1n) is 5.21. The van der Waals surface area contributed by atoms with Crippen molar-refractivity contribution in [2.24, 2.45) is 5.73 Å². The van der Waals surface area contributed by atoms with E-state index in [1.165, 1.54) is 0 Å². The Bertz CT molecular complexity index is 412. The van der Waals surface area contributed by atoms with Crippen molar-refractivity contribution in [3.63, 3.8) is 0 Å². The van der Waals surface area contributed by atoms with E-state index in [0.717, 1.165) is 16.8 Å². The topological polar surface area (TPSA) is 46.3 Å². The number of benzene rings is 1. The Hall–Kier alpha value is -1.35. The number of hydrogen-bond donors (Lipinski definition) is 1. The average molecular weight is 204 g/mol. The van der Waals surface area contributed by atoms with Crippen LogP contribution in [0.15, 0.2) is 18.2 Å². The van der Waals surface area contributed by atoms with Crippen LogP contribution in [0.25, 0.3) is 0 Å².